The fourth-order valence-corrected chi connectivity index (χ4v) is 1.18. The summed E-state index contributed by atoms with van der Waals surface area (Å²) in [6, 6.07) is 5.79. The Morgan fingerprint density at radius 3 is 2.74 bits per heavy atom. The third kappa shape index (κ3) is 5.62. The van der Waals surface area contributed by atoms with Crippen molar-refractivity contribution in [3.05, 3.63) is 39.9 Å². The minimum Gasteiger partial charge on any atom is -0.448 e. The lowest BCUT2D eigenvalue weighted by Crippen LogP contribution is -2.19. The number of carbonyl (C=O) groups is 1. The third-order valence-corrected chi connectivity index (χ3v) is 2.20. The lowest BCUT2D eigenvalue weighted by molar-refractivity contribution is -0.384. The number of hydrogen-bond donors (Lipinski definition) is 1. The van der Waals surface area contributed by atoms with E-state index in [1.165, 1.54) is 30.5 Å². The molecule has 0 aliphatic rings. The van der Waals surface area contributed by atoms with E-state index in [4.69, 9.17) is 4.74 Å². The Bertz CT molecular complexity index is 457. The van der Waals surface area contributed by atoms with Crippen molar-refractivity contribution in [3.8, 4) is 0 Å². The summed E-state index contributed by atoms with van der Waals surface area (Å²) in [7, 11) is 0. The number of nitrogens with one attached hydrogen (secondary N) is 1. The van der Waals surface area contributed by atoms with Crippen LogP contribution in [0.5, 0.6) is 0 Å². The molecule has 1 N–H and O–H groups in total. The zero-order valence-electron chi connectivity index (χ0n) is 10.5. The molecule has 7 heteroatoms. The smallest absolute Gasteiger partial charge is 0.427 e. The second-order valence-corrected chi connectivity index (χ2v) is 3.71. The second-order valence-electron chi connectivity index (χ2n) is 3.71. The Morgan fingerprint density at radius 2 is 2.16 bits per heavy atom. The normalized spacial score (nSPS) is 10.4. The van der Waals surface area contributed by atoms with Crippen LogP contribution >= 0.6 is 0 Å². The van der Waals surface area contributed by atoms with Crippen LogP contribution in [0.3, 0.4) is 0 Å². The van der Waals surface area contributed by atoms with Crippen molar-refractivity contribution in [1.82, 2.24) is 5.43 Å². The van der Waals surface area contributed by atoms with Crippen molar-refractivity contribution in [2.24, 2.45) is 5.10 Å². The van der Waals surface area contributed by atoms with Crippen molar-refractivity contribution in [1.29, 1.82) is 0 Å². The Morgan fingerprint density at radius 1 is 1.47 bits per heavy atom. The number of ether oxygens (including phenoxy) is 1. The quantitative estimate of drug-likeness (QED) is 0.370. The molecule has 0 spiro atoms. The van der Waals surface area contributed by atoms with Gasteiger partial charge in [0.15, 0.2) is 0 Å². The molecular formula is C12H15N3O4. The maximum Gasteiger partial charge on any atom is 0.427 e. The zero-order valence-corrected chi connectivity index (χ0v) is 10.5. The second kappa shape index (κ2) is 7.80. The monoisotopic (exact) mass is 265 g/mol. The number of nitrogens with zero attached hydrogens (tertiary/aromatic N) is 2. The highest BCUT2D eigenvalue weighted by Crippen LogP contribution is 2.10. The molecule has 0 aromatic heterocycles. The summed E-state index contributed by atoms with van der Waals surface area (Å²) in [5.74, 6) is 0. The zero-order chi connectivity index (χ0) is 14.1. The van der Waals surface area contributed by atoms with Gasteiger partial charge < -0.3 is 4.74 Å². The van der Waals surface area contributed by atoms with Crippen LogP contribution in [0, 0.1) is 10.1 Å². The topological polar surface area (TPSA) is 93.8 Å². The van der Waals surface area contributed by atoms with Crippen LogP contribution in [-0.4, -0.2) is 23.8 Å². The van der Waals surface area contributed by atoms with Crippen molar-refractivity contribution in [2.75, 3.05) is 6.61 Å². The van der Waals surface area contributed by atoms with Gasteiger partial charge >= 0.3 is 6.09 Å². The van der Waals surface area contributed by atoms with Gasteiger partial charge in [0.25, 0.3) is 5.69 Å². The van der Waals surface area contributed by atoms with E-state index in [9.17, 15) is 14.9 Å². The maximum absolute atomic E-state index is 11.1. The minimum atomic E-state index is -0.619. The average molecular weight is 265 g/mol. The Hall–Kier alpha value is -2.44. The number of rotatable bonds is 6. The van der Waals surface area contributed by atoms with Crippen molar-refractivity contribution in [2.45, 2.75) is 19.8 Å². The molecule has 1 aromatic carbocycles. The number of hydrazone groups is 1. The van der Waals surface area contributed by atoms with Gasteiger partial charge in [-0.25, -0.2) is 10.2 Å². The number of carbonyl (C=O) groups excluding carboxylic acids is 1. The highest BCUT2D eigenvalue weighted by molar-refractivity contribution is 5.81. The van der Waals surface area contributed by atoms with Gasteiger partial charge in [-0.05, 0) is 24.1 Å². The molecule has 0 atom stereocenters. The first-order valence-corrected chi connectivity index (χ1v) is 5.83. The molecule has 7 nitrogen and oxygen atoms in total. The fraction of sp³-hybridized carbons (Fsp3) is 0.333. The molecule has 0 bridgehead atoms. The summed E-state index contributed by atoms with van der Waals surface area (Å²) in [6.07, 6.45) is 2.51. The molecule has 0 saturated carbocycles. The molecular weight excluding hydrogens is 250 g/mol. The van der Waals surface area contributed by atoms with Crippen LogP contribution in [0.25, 0.3) is 0 Å². The van der Waals surface area contributed by atoms with Crippen molar-refractivity contribution < 1.29 is 14.5 Å². The molecule has 0 unspecified atom stereocenters. The van der Waals surface area contributed by atoms with Gasteiger partial charge in [0.2, 0.25) is 0 Å². The molecule has 102 valence electrons. The molecule has 0 saturated heterocycles. The number of benzene rings is 1. The number of unbranched alkanes of at least 4 members (excludes halogenated alkanes) is 1. The van der Waals surface area contributed by atoms with Crippen LogP contribution in [0.4, 0.5) is 10.5 Å². The van der Waals surface area contributed by atoms with Crippen LogP contribution in [0.2, 0.25) is 0 Å². The van der Waals surface area contributed by atoms with Gasteiger partial charge in [0.1, 0.15) is 0 Å². The van der Waals surface area contributed by atoms with Gasteiger partial charge in [-0.1, -0.05) is 13.3 Å². The molecule has 0 aliphatic carbocycles. The van der Waals surface area contributed by atoms with Gasteiger partial charge in [-0.2, -0.15) is 5.10 Å². The lowest BCUT2D eigenvalue weighted by Gasteiger charge is -2.01. The summed E-state index contributed by atoms with van der Waals surface area (Å²) in [4.78, 5) is 21.1. The van der Waals surface area contributed by atoms with E-state index in [0.717, 1.165) is 12.8 Å². The minimum absolute atomic E-state index is 0.00378. The van der Waals surface area contributed by atoms with Crippen LogP contribution < -0.4 is 5.43 Å². The van der Waals surface area contributed by atoms with Gasteiger partial charge in [-0.3, -0.25) is 10.1 Å². The third-order valence-electron chi connectivity index (χ3n) is 2.20. The Kier molecular flexibility index (Phi) is 6.00. The lowest BCUT2D eigenvalue weighted by atomic mass is 10.2. The molecule has 1 aromatic rings. The molecule has 1 amide bonds. The number of amides is 1. The van der Waals surface area contributed by atoms with Crippen molar-refractivity contribution in [3.63, 3.8) is 0 Å². The van der Waals surface area contributed by atoms with Crippen LogP contribution in [-0.2, 0) is 4.74 Å². The van der Waals surface area contributed by atoms with E-state index in [0.29, 0.717) is 12.2 Å². The summed E-state index contributed by atoms with van der Waals surface area (Å²) < 4.78 is 4.82. The largest absolute Gasteiger partial charge is 0.448 e. The molecule has 0 heterocycles. The standard InChI is InChI=1S/C12H15N3O4/c1-2-3-8-19-12(16)14-13-9-10-4-6-11(7-5-10)15(17)18/h4-7,9H,2-3,8H2,1H3,(H,14,16). The van der Waals surface area contributed by atoms with E-state index < -0.39 is 11.0 Å². The number of nitro groups is 1. The van der Waals surface area contributed by atoms with Crippen LogP contribution in [0.15, 0.2) is 29.4 Å². The maximum atomic E-state index is 11.1. The highest BCUT2D eigenvalue weighted by atomic mass is 16.6. The Balaban J connectivity index is 2.40. The summed E-state index contributed by atoms with van der Waals surface area (Å²) in [5, 5.41) is 14.1. The highest BCUT2D eigenvalue weighted by Gasteiger charge is 2.02. The summed E-state index contributed by atoms with van der Waals surface area (Å²) in [6.45, 7) is 2.35. The molecule has 19 heavy (non-hydrogen) atoms. The van der Waals surface area contributed by atoms with Crippen LogP contribution in [0.1, 0.15) is 25.3 Å². The van der Waals surface area contributed by atoms with E-state index in [2.05, 4.69) is 10.5 Å². The predicted molar refractivity (Wildman–Crippen MR) is 70.1 cm³/mol. The van der Waals surface area contributed by atoms with E-state index in [1.54, 1.807) is 0 Å². The molecule has 0 aliphatic heterocycles. The summed E-state index contributed by atoms with van der Waals surface area (Å²) in [5.41, 5.74) is 2.84. The number of non-ortho nitro benzene ring substituents is 1. The van der Waals surface area contributed by atoms with Crippen molar-refractivity contribution >= 4 is 18.0 Å². The number of hydrogen-bond acceptors (Lipinski definition) is 5. The first-order chi connectivity index (χ1) is 9.13. The Labute approximate surface area is 110 Å². The average Bonchev–Trinajstić information content (AvgIpc) is 2.39. The molecule has 1 rings (SSSR count). The van der Waals surface area contributed by atoms with E-state index >= 15 is 0 Å². The SMILES string of the molecule is CCCCOC(=O)NN=Cc1ccc([N+](=O)[O-])cc1. The first-order valence-electron chi connectivity index (χ1n) is 5.83. The first kappa shape index (κ1) is 14.6. The summed E-state index contributed by atoms with van der Waals surface area (Å²) >= 11 is 0. The fourth-order valence-electron chi connectivity index (χ4n) is 1.18. The van der Waals surface area contributed by atoms with Gasteiger partial charge in [0.05, 0.1) is 17.7 Å². The van der Waals surface area contributed by atoms with E-state index in [1.807, 2.05) is 6.92 Å². The van der Waals surface area contributed by atoms with Gasteiger partial charge in [-0.15, -0.1) is 0 Å². The van der Waals surface area contributed by atoms with Gasteiger partial charge in [0, 0.05) is 12.1 Å². The molecule has 0 fully saturated rings. The van der Waals surface area contributed by atoms with E-state index in [-0.39, 0.29) is 5.69 Å². The predicted octanol–water partition coefficient (Wildman–Crippen LogP) is 2.46. The number of nitro benzene ring substituents is 1. The molecule has 0 radical (unpaired) electrons.